The summed E-state index contributed by atoms with van der Waals surface area (Å²) in [6.45, 7) is 0. The first kappa shape index (κ1) is 7.74. The summed E-state index contributed by atoms with van der Waals surface area (Å²) in [5.41, 5.74) is 1.48. The lowest BCUT2D eigenvalue weighted by molar-refractivity contribution is 0.0925. The van der Waals surface area contributed by atoms with E-state index in [1.54, 1.807) is 11.3 Å². The molecule has 1 saturated carbocycles. The molecule has 0 radical (unpaired) electrons. The maximum absolute atomic E-state index is 11.6. The van der Waals surface area contributed by atoms with Crippen LogP contribution in [0.15, 0.2) is 11.4 Å². The largest absolute Gasteiger partial charge is 0.294 e. The Bertz CT molecular complexity index is 360. The molecule has 2 heteroatoms. The molecule has 2 aliphatic carbocycles. The van der Waals surface area contributed by atoms with Crippen molar-refractivity contribution in [2.45, 2.75) is 37.5 Å². The Morgan fingerprint density at radius 3 is 2.85 bits per heavy atom. The van der Waals surface area contributed by atoms with Gasteiger partial charge in [0.05, 0.1) is 0 Å². The molecule has 68 valence electrons. The third-order valence-corrected chi connectivity index (χ3v) is 4.75. The summed E-state index contributed by atoms with van der Waals surface area (Å²) in [6, 6.07) is 2.02. The molecule has 2 aliphatic rings. The predicted octanol–water partition coefficient (Wildman–Crippen LogP) is 3.15. The van der Waals surface area contributed by atoms with E-state index in [0.29, 0.717) is 11.2 Å². The lowest BCUT2D eigenvalue weighted by Crippen LogP contribution is -2.37. The quantitative estimate of drug-likeness (QED) is 0.617. The molecule has 0 saturated heterocycles. The summed E-state index contributed by atoms with van der Waals surface area (Å²) in [5.74, 6) is 0.369. The number of fused-ring (bicyclic) bond motifs is 2. The Hall–Kier alpha value is -0.630. The molecule has 0 unspecified atom stereocenters. The van der Waals surface area contributed by atoms with Crippen LogP contribution in [0.5, 0.6) is 0 Å². The molecule has 1 fully saturated rings. The molecule has 1 spiro atoms. The van der Waals surface area contributed by atoms with E-state index in [-0.39, 0.29) is 0 Å². The van der Waals surface area contributed by atoms with Crippen molar-refractivity contribution < 1.29 is 4.79 Å². The van der Waals surface area contributed by atoms with Gasteiger partial charge in [0, 0.05) is 22.3 Å². The van der Waals surface area contributed by atoms with Crippen LogP contribution in [0.3, 0.4) is 0 Å². The molecule has 0 bridgehead atoms. The zero-order valence-corrected chi connectivity index (χ0v) is 8.32. The van der Waals surface area contributed by atoms with Crippen molar-refractivity contribution in [3.05, 3.63) is 21.9 Å². The highest BCUT2D eigenvalue weighted by Gasteiger charge is 2.44. The van der Waals surface area contributed by atoms with Crippen LogP contribution in [0.4, 0.5) is 0 Å². The predicted molar refractivity (Wildman–Crippen MR) is 53.4 cm³/mol. The van der Waals surface area contributed by atoms with Crippen LogP contribution >= 0.6 is 11.3 Å². The molecule has 0 aromatic carbocycles. The van der Waals surface area contributed by atoms with Crippen LogP contribution in [-0.4, -0.2) is 5.78 Å². The Morgan fingerprint density at radius 2 is 2.15 bits per heavy atom. The molecule has 1 nitrogen and oxygen atoms in total. The summed E-state index contributed by atoms with van der Waals surface area (Å²) < 4.78 is 0. The normalized spacial score (nSPS) is 24.2. The Labute approximate surface area is 81.8 Å². The van der Waals surface area contributed by atoms with Gasteiger partial charge in [0.15, 0.2) is 5.78 Å². The van der Waals surface area contributed by atoms with Gasteiger partial charge in [0.1, 0.15) is 0 Å². The highest BCUT2D eigenvalue weighted by Crippen LogP contribution is 2.52. The number of carbonyl (C=O) groups is 1. The second-order valence-electron chi connectivity index (χ2n) is 4.22. The summed E-state index contributed by atoms with van der Waals surface area (Å²) >= 11 is 1.79. The third kappa shape index (κ3) is 0.896. The zero-order chi connectivity index (χ0) is 8.89. The maximum atomic E-state index is 11.6. The monoisotopic (exact) mass is 192 g/mol. The van der Waals surface area contributed by atoms with Crippen LogP contribution in [-0.2, 0) is 5.41 Å². The summed E-state index contributed by atoms with van der Waals surface area (Å²) in [6.07, 6.45) is 5.87. The van der Waals surface area contributed by atoms with Crippen molar-refractivity contribution in [3.8, 4) is 0 Å². The molecule has 13 heavy (non-hydrogen) atoms. The van der Waals surface area contributed by atoms with Gasteiger partial charge in [-0.3, -0.25) is 4.79 Å². The van der Waals surface area contributed by atoms with E-state index >= 15 is 0 Å². The van der Waals surface area contributed by atoms with E-state index in [9.17, 15) is 4.79 Å². The number of hydrogen-bond acceptors (Lipinski definition) is 2. The lowest BCUT2D eigenvalue weighted by atomic mass is 9.61. The smallest absolute Gasteiger partial charge is 0.164 e. The first-order valence-electron chi connectivity index (χ1n) is 4.93. The van der Waals surface area contributed by atoms with E-state index in [4.69, 9.17) is 0 Å². The van der Waals surface area contributed by atoms with Crippen molar-refractivity contribution in [2.75, 3.05) is 0 Å². The summed E-state index contributed by atoms with van der Waals surface area (Å²) in [7, 11) is 0. The Morgan fingerprint density at radius 1 is 1.31 bits per heavy atom. The minimum absolute atomic E-state index is 0.369. The number of hydrogen-bond donors (Lipinski definition) is 0. The SMILES string of the molecule is O=C1CCC2(CCC2)c2sccc21. The van der Waals surface area contributed by atoms with Crippen LogP contribution in [0.1, 0.15) is 47.3 Å². The van der Waals surface area contributed by atoms with Crippen molar-refractivity contribution in [1.82, 2.24) is 0 Å². The van der Waals surface area contributed by atoms with Crippen molar-refractivity contribution >= 4 is 17.1 Å². The molecule has 0 N–H and O–H groups in total. The lowest BCUT2D eigenvalue weighted by Gasteiger charge is -2.44. The van der Waals surface area contributed by atoms with Crippen LogP contribution in [0.25, 0.3) is 0 Å². The molecule has 1 heterocycles. The van der Waals surface area contributed by atoms with E-state index in [1.807, 2.05) is 6.07 Å². The van der Waals surface area contributed by atoms with Gasteiger partial charge in [-0.2, -0.15) is 0 Å². The van der Waals surface area contributed by atoms with Crippen molar-refractivity contribution in [2.24, 2.45) is 0 Å². The van der Waals surface area contributed by atoms with Crippen molar-refractivity contribution in [1.29, 1.82) is 0 Å². The van der Waals surface area contributed by atoms with Gasteiger partial charge >= 0.3 is 0 Å². The van der Waals surface area contributed by atoms with Gasteiger partial charge in [-0.25, -0.2) is 0 Å². The molecule has 0 aliphatic heterocycles. The second-order valence-corrected chi connectivity index (χ2v) is 5.14. The fourth-order valence-corrected chi connectivity index (χ4v) is 3.83. The molecular weight excluding hydrogens is 180 g/mol. The maximum Gasteiger partial charge on any atom is 0.164 e. The van der Waals surface area contributed by atoms with Gasteiger partial charge in [0.2, 0.25) is 0 Å². The standard InChI is InChI=1S/C11H12OS/c12-9-2-6-11(4-1-5-11)10-8(9)3-7-13-10/h3,7H,1-2,4-6H2. The van der Waals surface area contributed by atoms with E-state index in [2.05, 4.69) is 5.38 Å². The topological polar surface area (TPSA) is 17.1 Å². The highest BCUT2D eigenvalue weighted by molar-refractivity contribution is 7.10. The fraction of sp³-hybridized carbons (Fsp3) is 0.545. The van der Waals surface area contributed by atoms with E-state index in [0.717, 1.165) is 18.4 Å². The zero-order valence-electron chi connectivity index (χ0n) is 7.51. The van der Waals surface area contributed by atoms with E-state index in [1.165, 1.54) is 24.1 Å². The minimum atomic E-state index is 0.369. The highest BCUT2D eigenvalue weighted by atomic mass is 32.1. The summed E-state index contributed by atoms with van der Waals surface area (Å²) in [5, 5.41) is 2.08. The van der Waals surface area contributed by atoms with Gasteiger partial charge in [0.25, 0.3) is 0 Å². The molecule has 0 amide bonds. The second kappa shape index (κ2) is 2.44. The average molecular weight is 192 g/mol. The van der Waals surface area contributed by atoms with Gasteiger partial charge in [-0.1, -0.05) is 6.42 Å². The van der Waals surface area contributed by atoms with Gasteiger partial charge in [-0.15, -0.1) is 11.3 Å². The average Bonchev–Trinajstić information content (AvgIpc) is 2.51. The molecule has 1 aromatic rings. The first-order chi connectivity index (χ1) is 6.32. The fourth-order valence-electron chi connectivity index (χ4n) is 2.62. The number of carbonyl (C=O) groups excluding carboxylic acids is 1. The van der Waals surface area contributed by atoms with Crippen molar-refractivity contribution in [3.63, 3.8) is 0 Å². The Balaban J connectivity index is 2.14. The van der Waals surface area contributed by atoms with Gasteiger partial charge in [-0.05, 0) is 30.7 Å². The van der Waals surface area contributed by atoms with Gasteiger partial charge < -0.3 is 0 Å². The minimum Gasteiger partial charge on any atom is -0.294 e. The van der Waals surface area contributed by atoms with E-state index < -0.39 is 0 Å². The van der Waals surface area contributed by atoms with Crippen LogP contribution in [0.2, 0.25) is 0 Å². The number of rotatable bonds is 0. The molecule has 0 atom stereocenters. The Kier molecular flexibility index (Phi) is 1.46. The van der Waals surface area contributed by atoms with Crippen LogP contribution in [0, 0.1) is 0 Å². The number of thiophene rings is 1. The molecular formula is C11H12OS. The first-order valence-corrected chi connectivity index (χ1v) is 5.81. The molecule has 3 rings (SSSR count). The summed E-state index contributed by atoms with van der Waals surface area (Å²) in [4.78, 5) is 13.0. The molecule has 1 aromatic heterocycles. The number of ketones is 1. The third-order valence-electron chi connectivity index (χ3n) is 3.59. The number of Topliss-reactive ketones (excluding diaryl/α,β-unsaturated/α-hetero) is 1. The van der Waals surface area contributed by atoms with Crippen LogP contribution < -0.4 is 0 Å².